The number of hydrogen-bond acceptors (Lipinski definition) is 11. The number of methoxy groups -OCH3 is 1. The molecule has 0 aromatic rings. The molecule has 2 fully saturated rings. The molecule has 0 radical (unpaired) electrons. The lowest BCUT2D eigenvalue weighted by Gasteiger charge is -2.48. The van der Waals surface area contributed by atoms with Crippen molar-refractivity contribution in [3.8, 4) is 0 Å². The zero-order valence-electron chi connectivity index (χ0n) is 26.9. The average Bonchev–Trinajstić information content (AvgIpc) is 2.89. The van der Waals surface area contributed by atoms with Crippen molar-refractivity contribution in [1.82, 2.24) is 4.90 Å². The number of hydrogen-bond donors (Lipinski definition) is 2. The molecular formula is C30H56N2O8S. The minimum absolute atomic E-state index is 0.0757. The molecule has 0 aliphatic carbocycles. The van der Waals surface area contributed by atoms with Crippen LogP contribution in [0.2, 0.25) is 0 Å². The molecule has 0 aromatic carbocycles. The second-order valence-electron chi connectivity index (χ2n) is 12.6. The first-order valence-corrected chi connectivity index (χ1v) is 16.1. The lowest BCUT2D eigenvalue weighted by molar-refractivity contribution is -0.272. The van der Waals surface area contributed by atoms with Gasteiger partial charge in [0.2, 0.25) is 0 Å². The summed E-state index contributed by atoms with van der Waals surface area (Å²) in [5.41, 5.74) is 4.91. The normalized spacial score (nSPS) is 42.3. The Morgan fingerprint density at radius 3 is 2.41 bits per heavy atom. The van der Waals surface area contributed by atoms with Gasteiger partial charge >= 0.3 is 6.16 Å². The molecule has 3 N–H and O–H groups in total. The fraction of sp³-hybridized carbons (Fsp3) is 0.933. The van der Waals surface area contributed by atoms with Crippen molar-refractivity contribution in [2.24, 2.45) is 23.5 Å². The van der Waals surface area contributed by atoms with Crippen LogP contribution in [0.4, 0.5) is 4.79 Å². The van der Waals surface area contributed by atoms with Crippen LogP contribution in [0, 0.1) is 17.8 Å². The highest BCUT2D eigenvalue weighted by atomic mass is 32.2. The molecule has 0 aromatic heterocycles. The van der Waals surface area contributed by atoms with Crippen LogP contribution in [0.3, 0.4) is 0 Å². The zero-order chi connectivity index (χ0) is 31.1. The highest BCUT2D eigenvalue weighted by Crippen LogP contribution is 2.38. The molecule has 11 heteroatoms. The molecule has 240 valence electrons. The van der Waals surface area contributed by atoms with E-state index in [2.05, 4.69) is 11.8 Å². The number of nitrogens with zero attached hydrogens (tertiary/aromatic N) is 1. The van der Waals surface area contributed by atoms with Crippen LogP contribution in [-0.4, -0.2) is 102 Å². The fourth-order valence-corrected chi connectivity index (χ4v) is 7.66. The standard InChI is InChI=1S/C30H56N2O8S/c1-11-30(36-10)15-24(38-22(7)26(30)31)40-25-19(4)14-29(8,35)13-18(3)16-32(9)21(6)23(39-28(34)37-12-2)17-41-27(33)20(25)5/h18-26,35H,11-17,31H2,1-10H3/t18-,19?,20?,21?,22?,23+,24+,25+,26+,29-,30-/m1/s1. The summed E-state index contributed by atoms with van der Waals surface area (Å²) in [5.74, 6) is -0.223. The molecular weight excluding hydrogens is 548 g/mol. The Labute approximate surface area is 251 Å². The van der Waals surface area contributed by atoms with Crippen molar-refractivity contribution in [3.63, 3.8) is 0 Å². The Bertz CT molecular complexity index is 841. The van der Waals surface area contributed by atoms with Gasteiger partial charge < -0.3 is 34.5 Å². The summed E-state index contributed by atoms with van der Waals surface area (Å²) < 4.78 is 29.5. The van der Waals surface area contributed by atoms with Crippen molar-refractivity contribution < 1.29 is 38.4 Å². The van der Waals surface area contributed by atoms with Crippen LogP contribution in [0.1, 0.15) is 81.1 Å². The molecule has 4 unspecified atom stereocenters. The smallest absolute Gasteiger partial charge is 0.435 e. The molecule has 41 heavy (non-hydrogen) atoms. The van der Waals surface area contributed by atoms with Gasteiger partial charge in [0.25, 0.3) is 0 Å². The highest BCUT2D eigenvalue weighted by Gasteiger charge is 2.48. The first-order chi connectivity index (χ1) is 19.1. The number of carbonyl (C=O) groups excluding carboxylic acids is 2. The van der Waals surface area contributed by atoms with E-state index in [9.17, 15) is 14.7 Å². The summed E-state index contributed by atoms with van der Waals surface area (Å²) in [6, 6.07) is -0.485. The summed E-state index contributed by atoms with van der Waals surface area (Å²) in [5, 5.41) is 11.4. The lowest BCUT2D eigenvalue weighted by Crippen LogP contribution is -2.62. The summed E-state index contributed by atoms with van der Waals surface area (Å²) >= 11 is 1.14. The molecule has 0 bridgehead atoms. The maximum Gasteiger partial charge on any atom is 0.508 e. The van der Waals surface area contributed by atoms with Crippen molar-refractivity contribution in [1.29, 1.82) is 0 Å². The number of rotatable bonds is 6. The Hall–Kier alpha value is -0.950. The maximum absolute atomic E-state index is 13.6. The first-order valence-electron chi connectivity index (χ1n) is 15.1. The second kappa shape index (κ2) is 15.7. The van der Waals surface area contributed by atoms with E-state index in [-0.39, 0.29) is 47.5 Å². The van der Waals surface area contributed by atoms with Gasteiger partial charge in [-0.25, -0.2) is 4.79 Å². The first kappa shape index (κ1) is 36.2. The number of thioether (sulfide) groups is 1. The molecule has 2 rings (SSSR count). The Morgan fingerprint density at radius 1 is 1.17 bits per heavy atom. The average molecular weight is 605 g/mol. The minimum Gasteiger partial charge on any atom is -0.435 e. The largest absolute Gasteiger partial charge is 0.508 e. The van der Waals surface area contributed by atoms with Crippen LogP contribution >= 0.6 is 11.8 Å². The van der Waals surface area contributed by atoms with Gasteiger partial charge in [-0.05, 0) is 65.8 Å². The molecule has 2 heterocycles. The van der Waals surface area contributed by atoms with Gasteiger partial charge in [-0.2, -0.15) is 0 Å². The third-order valence-corrected chi connectivity index (χ3v) is 10.2. The predicted octanol–water partition coefficient (Wildman–Crippen LogP) is 4.20. The van der Waals surface area contributed by atoms with E-state index in [1.165, 1.54) is 0 Å². The Morgan fingerprint density at radius 2 is 1.83 bits per heavy atom. The summed E-state index contributed by atoms with van der Waals surface area (Å²) in [6.45, 7) is 16.4. The number of carbonyl (C=O) groups is 2. The Balaban J connectivity index is 2.38. The molecule has 2 saturated heterocycles. The zero-order valence-corrected chi connectivity index (χ0v) is 27.7. The van der Waals surface area contributed by atoms with E-state index in [0.29, 0.717) is 32.2 Å². The second-order valence-corrected chi connectivity index (χ2v) is 13.7. The fourth-order valence-electron chi connectivity index (χ4n) is 6.59. The van der Waals surface area contributed by atoms with Gasteiger partial charge in [0.15, 0.2) is 11.4 Å². The SMILES string of the molecule is CCOC(=O)O[C@H]1CSC(=O)C(C)[C@@H](O[C@H]2C[C@@](CC)(OC)[C@@H](N)C(C)O2)C(C)C[C@](C)(O)C[C@@H](C)CN(C)C1C. The van der Waals surface area contributed by atoms with Crippen LogP contribution in [0.25, 0.3) is 0 Å². The van der Waals surface area contributed by atoms with Crippen LogP contribution < -0.4 is 5.73 Å². The lowest BCUT2D eigenvalue weighted by atomic mass is 9.80. The number of ether oxygens (including phenoxy) is 5. The van der Waals surface area contributed by atoms with E-state index in [4.69, 9.17) is 29.4 Å². The minimum atomic E-state index is -0.978. The number of likely N-dealkylation sites (N-methyl/N-ethyl adjacent to an activating group) is 1. The van der Waals surface area contributed by atoms with Gasteiger partial charge in [-0.15, -0.1) is 0 Å². The number of aliphatic hydroxyl groups is 1. The van der Waals surface area contributed by atoms with Crippen molar-refractivity contribution in [3.05, 3.63) is 0 Å². The van der Waals surface area contributed by atoms with E-state index in [1.807, 2.05) is 48.6 Å². The Kier molecular flexibility index (Phi) is 13.9. The van der Waals surface area contributed by atoms with E-state index in [0.717, 1.165) is 11.8 Å². The molecule has 0 spiro atoms. The summed E-state index contributed by atoms with van der Waals surface area (Å²) in [6.07, 6.45) is -0.589. The molecule has 0 saturated carbocycles. The summed E-state index contributed by atoms with van der Waals surface area (Å²) in [4.78, 5) is 28.0. The van der Waals surface area contributed by atoms with Crippen molar-refractivity contribution >= 4 is 23.0 Å². The molecule has 10 nitrogen and oxygen atoms in total. The topological polar surface area (TPSA) is 130 Å². The number of nitrogens with two attached hydrogens (primary N) is 1. The summed E-state index contributed by atoms with van der Waals surface area (Å²) in [7, 11) is 3.63. The van der Waals surface area contributed by atoms with Crippen LogP contribution in [0.5, 0.6) is 0 Å². The molecule has 11 atom stereocenters. The van der Waals surface area contributed by atoms with Crippen LogP contribution in [-0.2, 0) is 28.5 Å². The highest BCUT2D eigenvalue weighted by molar-refractivity contribution is 8.13. The molecule has 0 amide bonds. The van der Waals surface area contributed by atoms with Gasteiger partial charge in [0, 0.05) is 31.9 Å². The quantitative estimate of drug-likeness (QED) is 0.423. The van der Waals surface area contributed by atoms with Gasteiger partial charge in [0.05, 0.1) is 42.0 Å². The van der Waals surface area contributed by atoms with E-state index < -0.39 is 41.8 Å². The maximum atomic E-state index is 13.6. The van der Waals surface area contributed by atoms with Crippen LogP contribution in [0.15, 0.2) is 0 Å². The predicted molar refractivity (Wildman–Crippen MR) is 161 cm³/mol. The van der Waals surface area contributed by atoms with Gasteiger partial charge in [-0.1, -0.05) is 39.5 Å². The van der Waals surface area contributed by atoms with Gasteiger partial charge in [0.1, 0.15) is 6.10 Å². The molecule has 2 aliphatic rings. The van der Waals surface area contributed by atoms with E-state index in [1.54, 1.807) is 14.0 Å². The van der Waals surface area contributed by atoms with Crippen molar-refractivity contribution in [2.45, 2.75) is 129 Å². The third-order valence-electron chi connectivity index (χ3n) is 9.01. The third kappa shape index (κ3) is 9.78. The van der Waals surface area contributed by atoms with E-state index >= 15 is 0 Å². The monoisotopic (exact) mass is 604 g/mol. The molecule has 2 aliphatic heterocycles. The van der Waals surface area contributed by atoms with Crippen molar-refractivity contribution in [2.75, 3.05) is 33.1 Å². The van der Waals surface area contributed by atoms with Gasteiger partial charge in [-0.3, -0.25) is 9.69 Å².